The van der Waals surface area contributed by atoms with Gasteiger partial charge in [0.25, 0.3) is 0 Å². The molecule has 1 aromatic heterocycles. The largest absolute Gasteiger partial charge is 0.465 e. The average molecular weight is 368 g/mol. The number of carbonyl (C=O) groups excluding carboxylic acids is 1. The molecule has 23 heavy (non-hydrogen) atoms. The topological polar surface area (TPSA) is 39.2 Å². The number of nitrogens with zero attached hydrogens (tertiary/aromatic N) is 1. The van der Waals surface area contributed by atoms with Crippen LogP contribution in [-0.4, -0.2) is 18.1 Å². The van der Waals surface area contributed by atoms with Crippen LogP contribution in [0.25, 0.3) is 22.4 Å². The summed E-state index contributed by atoms with van der Waals surface area (Å²) < 4.78 is 5.39. The summed E-state index contributed by atoms with van der Waals surface area (Å²) in [4.78, 5) is 16.7. The van der Waals surface area contributed by atoms with E-state index in [0.717, 1.165) is 22.4 Å². The van der Waals surface area contributed by atoms with Crippen LogP contribution in [0.2, 0.25) is 0 Å². The Kier molecular flexibility index (Phi) is 4.53. The molecule has 0 saturated heterocycles. The van der Waals surface area contributed by atoms with Gasteiger partial charge < -0.3 is 4.74 Å². The number of halogens is 1. The van der Waals surface area contributed by atoms with E-state index in [-0.39, 0.29) is 0 Å². The van der Waals surface area contributed by atoms with Gasteiger partial charge in [0.1, 0.15) is 10.2 Å². The van der Waals surface area contributed by atoms with Gasteiger partial charge in [0.15, 0.2) is 0 Å². The quantitative estimate of drug-likeness (QED) is 0.484. The molecule has 0 amide bonds. The SMILES string of the molecule is COC(=O)c1c(-c2ccccc2)cc(-c2ccccc2)nc1Br. The van der Waals surface area contributed by atoms with Crippen LogP contribution in [0.3, 0.4) is 0 Å². The van der Waals surface area contributed by atoms with Gasteiger partial charge in [0, 0.05) is 11.1 Å². The summed E-state index contributed by atoms with van der Waals surface area (Å²) in [5.41, 5.74) is 3.94. The van der Waals surface area contributed by atoms with Crippen molar-refractivity contribution in [3.8, 4) is 22.4 Å². The second-order valence-corrected chi connectivity index (χ2v) is 5.70. The minimum absolute atomic E-state index is 0.414. The summed E-state index contributed by atoms with van der Waals surface area (Å²) in [6.45, 7) is 0. The molecule has 2 aromatic carbocycles. The average Bonchev–Trinajstić information content (AvgIpc) is 2.62. The molecule has 3 aromatic rings. The lowest BCUT2D eigenvalue weighted by atomic mass is 9.99. The molecule has 0 aliphatic carbocycles. The van der Waals surface area contributed by atoms with Crippen LogP contribution >= 0.6 is 15.9 Å². The first-order valence-electron chi connectivity index (χ1n) is 7.10. The molecule has 0 atom stereocenters. The predicted octanol–water partition coefficient (Wildman–Crippen LogP) is 4.96. The number of benzene rings is 2. The maximum absolute atomic E-state index is 12.2. The monoisotopic (exact) mass is 367 g/mol. The zero-order valence-electron chi connectivity index (χ0n) is 12.5. The van der Waals surface area contributed by atoms with E-state index in [9.17, 15) is 4.79 Å². The Morgan fingerprint density at radius 2 is 1.52 bits per heavy atom. The van der Waals surface area contributed by atoms with Gasteiger partial charge in [-0.15, -0.1) is 0 Å². The highest BCUT2D eigenvalue weighted by Crippen LogP contribution is 2.33. The van der Waals surface area contributed by atoms with Gasteiger partial charge in [0.2, 0.25) is 0 Å². The van der Waals surface area contributed by atoms with Gasteiger partial charge in [-0.05, 0) is 27.6 Å². The number of rotatable bonds is 3. The molecular weight excluding hydrogens is 354 g/mol. The zero-order chi connectivity index (χ0) is 16.2. The van der Waals surface area contributed by atoms with E-state index in [2.05, 4.69) is 20.9 Å². The maximum Gasteiger partial charge on any atom is 0.341 e. The summed E-state index contributed by atoms with van der Waals surface area (Å²) in [5, 5.41) is 0. The van der Waals surface area contributed by atoms with E-state index in [1.807, 2.05) is 66.7 Å². The van der Waals surface area contributed by atoms with Crippen molar-refractivity contribution in [2.45, 2.75) is 0 Å². The fourth-order valence-electron chi connectivity index (χ4n) is 2.41. The second kappa shape index (κ2) is 6.75. The number of aromatic nitrogens is 1. The smallest absolute Gasteiger partial charge is 0.341 e. The molecule has 0 N–H and O–H groups in total. The third-order valence-corrected chi connectivity index (χ3v) is 4.09. The number of hydrogen-bond acceptors (Lipinski definition) is 3. The maximum atomic E-state index is 12.2. The van der Waals surface area contributed by atoms with E-state index in [4.69, 9.17) is 4.74 Å². The van der Waals surface area contributed by atoms with Gasteiger partial charge in [-0.25, -0.2) is 9.78 Å². The summed E-state index contributed by atoms with van der Waals surface area (Å²) in [6.07, 6.45) is 0. The predicted molar refractivity (Wildman–Crippen MR) is 94.1 cm³/mol. The molecule has 0 aliphatic heterocycles. The number of esters is 1. The van der Waals surface area contributed by atoms with E-state index in [0.29, 0.717) is 10.2 Å². The molecule has 0 fully saturated rings. The molecular formula is C19H14BrNO2. The van der Waals surface area contributed by atoms with Crippen LogP contribution in [0, 0.1) is 0 Å². The molecule has 114 valence electrons. The van der Waals surface area contributed by atoms with Gasteiger partial charge in [-0.3, -0.25) is 0 Å². The van der Waals surface area contributed by atoms with Crippen LogP contribution in [0.4, 0.5) is 0 Å². The Balaban J connectivity index is 2.25. The van der Waals surface area contributed by atoms with Crippen molar-refractivity contribution in [1.82, 2.24) is 4.98 Å². The summed E-state index contributed by atoms with van der Waals surface area (Å²) in [6, 6.07) is 21.5. The molecule has 0 unspecified atom stereocenters. The minimum atomic E-state index is -0.414. The van der Waals surface area contributed by atoms with Crippen LogP contribution < -0.4 is 0 Å². The first-order valence-corrected chi connectivity index (χ1v) is 7.89. The van der Waals surface area contributed by atoms with Gasteiger partial charge in [-0.1, -0.05) is 60.7 Å². The van der Waals surface area contributed by atoms with Crippen molar-refractivity contribution in [3.05, 3.63) is 76.9 Å². The Labute approximate surface area is 143 Å². The first kappa shape index (κ1) is 15.4. The number of hydrogen-bond donors (Lipinski definition) is 0. The molecule has 3 nitrogen and oxygen atoms in total. The third-order valence-electron chi connectivity index (χ3n) is 3.52. The highest BCUT2D eigenvalue weighted by Gasteiger charge is 2.20. The van der Waals surface area contributed by atoms with E-state index < -0.39 is 5.97 Å². The third kappa shape index (κ3) is 3.17. The van der Waals surface area contributed by atoms with Gasteiger partial charge in [0.05, 0.1) is 12.8 Å². The standard InChI is InChI=1S/C19H14BrNO2/c1-23-19(22)17-15(13-8-4-2-5-9-13)12-16(21-18(17)20)14-10-6-3-7-11-14/h2-12H,1H3. The van der Waals surface area contributed by atoms with Crippen molar-refractivity contribution >= 4 is 21.9 Å². The van der Waals surface area contributed by atoms with Crippen LogP contribution in [0.1, 0.15) is 10.4 Å². The van der Waals surface area contributed by atoms with Gasteiger partial charge >= 0.3 is 5.97 Å². The van der Waals surface area contributed by atoms with Crippen molar-refractivity contribution in [2.24, 2.45) is 0 Å². The molecule has 0 radical (unpaired) electrons. The normalized spacial score (nSPS) is 10.3. The second-order valence-electron chi connectivity index (χ2n) is 4.94. The lowest BCUT2D eigenvalue weighted by Crippen LogP contribution is -2.07. The summed E-state index contributed by atoms with van der Waals surface area (Å²) >= 11 is 3.42. The van der Waals surface area contributed by atoms with Gasteiger partial charge in [-0.2, -0.15) is 0 Å². The van der Waals surface area contributed by atoms with Crippen LogP contribution in [0.5, 0.6) is 0 Å². The summed E-state index contributed by atoms with van der Waals surface area (Å²) in [5.74, 6) is -0.414. The lowest BCUT2D eigenvalue weighted by Gasteiger charge is -2.12. The Morgan fingerprint density at radius 3 is 2.09 bits per heavy atom. The minimum Gasteiger partial charge on any atom is -0.465 e. The number of ether oxygens (including phenoxy) is 1. The van der Waals surface area contributed by atoms with E-state index in [1.165, 1.54) is 7.11 Å². The number of methoxy groups -OCH3 is 1. The highest BCUT2D eigenvalue weighted by atomic mass is 79.9. The Bertz CT molecular complexity index is 833. The molecule has 3 rings (SSSR count). The summed E-state index contributed by atoms with van der Waals surface area (Å²) in [7, 11) is 1.37. The molecule has 0 spiro atoms. The fourth-order valence-corrected chi connectivity index (χ4v) is 2.98. The lowest BCUT2D eigenvalue weighted by molar-refractivity contribution is 0.0600. The van der Waals surface area contributed by atoms with E-state index in [1.54, 1.807) is 0 Å². The Hall–Kier alpha value is -2.46. The Morgan fingerprint density at radius 1 is 0.957 bits per heavy atom. The number of carbonyl (C=O) groups is 1. The molecule has 0 bridgehead atoms. The molecule has 0 saturated carbocycles. The highest BCUT2D eigenvalue weighted by molar-refractivity contribution is 9.10. The first-order chi connectivity index (χ1) is 11.2. The van der Waals surface area contributed by atoms with Crippen LogP contribution in [-0.2, 0) is 4.74 Å². The molecule has 0 aliphatic rings. The fraction of sp³-hybridized carbons (Fsp3) is 0.0526. The van der Waals surface area contributed by atoms with Crippen molar-refractivity contribution < 1.29 is 9.53 Å². The molecule has 1 heterocycles. The van der Waals surface area contributed by atoms with Crippen molar-refractivity contribution in [1.29, 1.82) is 0 Å². The molecule has 4 heteroatoms. The number of pyridine rings is 1. The van der Waals surface area contributed by atoms with Crippen molar-refractivity contribution in [3.63, 3.8) is 0 Å². The van der Waals surface area contributed by atoms with Crippen LogP contribution in [0.15, 0.2) is 71.3 Å². The zero-order valence-corrected chi connectivity index (χ0v) is 14.1. The van der Waals surface area contributed by atoms with E-state index >= 15 is 0 Å². The van der Waals surface area contributed by atoms with Crippen molar-refractivity contribution in [2.75, 3.05) is 7.11 Å².